The van der Waals surface area contributed by atoms with Gasteiger partial charge in [-0.3, -0.25) is 4.79 Å². The van der Waals surface area contributed by atoms with Gasteiger partial charge in [0, 0.05) is 5.69 Å². The number of anilines is 1. The van der Waals surface area contributed by atoms with Crippen molar-refractivity contribution in [2.75, 3.05) is 23.0 Å². The Hall–Kier alpha value is -2.74. The van der Waals surface area contributed by atoms with E-state index in [4.69, 9.17) is 4.74 Å². The van der Waals surface area contributed by atoms with Crippen LogP contribution in [0.4, 0.5) is 10.1 Å². The van der Waals surface area contributed by atoms with Gasteiger partial charge < -0.3 is 9.64 Å². The summed E-state index contributed by atoms with van der Waals surface area (Å²) in [6.45, 7) is -0.540. The molecule has 1 atom stereocenters. The lowest BCUT2D eigenvalue weighted by Crippen LogP contribution is -2.43. The van der Waals surface area contributed by atoms with Gasteiger partial charge in [0.2, 0.25) is 0 Å². The van der Waals surface area contributed by atoms with Gasteiger partial charge in [-0.1, -0.05) is 18.2 Å². The van der Waals surface area contributed by atoms with E-state index >= 15 is 0 Å². The van der Waals surface area contributed by atoms with Crippen LogP contribution in [0.2, 0.25) is 0 Å². The number of carbonyl (C=O) groups excluding carboxylic acids is 2. The first-order valence-electron chi connectivity index (χ1n) is 8.36. The quantitative estimate of drug-likeness (QED) is 0.730. The lowest BCUT2D eigenvalue weighted by atomic mass is 10.2. The molecule has 1 amide bonds. The summed E-state index contributed by atoms with van der Waals surface area (Å²) in [7, 11) is -3.20. The van der Waals surface area contributed by atoms with Crippen LogP contribution in [-0.4, -0.2) is 44.4 Å². The molecule has 3 rings (SSSR count). The molecular formula is C19H18FNO5S. The number of esters is 1. The highest BCUT2D eigenvalue weighted by molar-refractivity contribution is 7.91. The van der Waals surface area contributed by atoms with Gasteiger partial charge >= 0.3 is 5.97 Å². The standard InChI is InChI=1S/C19H18FNO5S/c20-15-8-6-14(7-9-15)19(23)26-12-18(22)21(16-4-2-1-3-5-16)17-10-11-27(24,25)13-17/h1-9,17H,10-13H2/t17-/m0/s1. The fraction of sp³-hybridized carbons (Fsp3) is 0.263. The van der Waals surface area contributed by atoms with Gasteiger partial charge in [0.05, 0.1) is 23.1 Å². The molecule has 0 saturated carbocycles. The van der Waals surface area contributed by atoms with Crippen molar-refractivity contribution in [3.05, 3.63) is 66.0 Å². The SMILES string of the molecule is O=C(OCC(=O)N(c1ccccc1)[C@H]1CCS(=O)(=O)C1)c1ccc(F)cc1. The molecule has 0 radical (unpaired) electrons. The third kappa shape index (κ3) is 4.71. The van der Waals surface area contributed by atoms with Gasteiger partial charge in [-0.05, 0) is 42.8 Å². The average Bonchev–Trinajstić information content (AvgIpc) is 3.00. The second-order valence-corrected chi connectivity index (χ2v) is 8.47. The second-order valence-electron chi connectivity index (χ2n) is 6.24. The summed E-state index contributed by atoms with van der Waals surface area (Å²) in [4.78, 5) is 26.1. The average molecular weight is 391 g/mol. The minimum atomic E-state index is -3.20. The van der Waals surface area contributed by atoms with E-state index in [0.29, 0.717) is 12.1 Å². The molecule has 1 aliphatic rings. The molecule has 1 heterocycles. The molecule has 6 nitrogen and oxygen atoms in total. The summed E-state index contributed by atoms with van der Waals surface area (Å²) < 4.78 is 41.6. The minimum Gasteiger partial charge on any atom is -0.452 e. The molecule has 0 bridgehead atoms. The van der Waals surface area contributed by atoms with Gasteiger partial charge in [-0.25, -0.2) is 17.6 Å². The molecule has 0 N–H and O–H groups in total. The number of halogens is 1. The van der Waals surface area contributed by atoms with E-state index in [9.17, 15) is 22.4 Å². The van der Waals surface area contributed by atoms with Crippen LogP contribution in [0.5, 0.6) is 0 Å². The van der Waals surface area contributed by atoms with Crippen LogP contribution < -0.4 is 4.90 Å². The number of amides is 1. The van der Waals surface area contributed by atoms with Gasteiger partial charge in [-0.15, -0.1) is 0 Å². The number of sulfone groups is 1. The fourth-order valence-corrected chi connectivity index (χ4v) is 4.69. The molecule has 142 valence electrons. The second kappa shape index (κ2) is 7.87. The van der Waals surface area contributed by atoms with E-state index in [1.54, 1.807) is 30.3 Å². The van der Waals surface area contributed by atoms with E-state index in [1.165, 1.54) is 17.0 Å². The van der Waals surface area contributed by atoms with Gasteiger partial charge in [0.15, 0.2) is 16.4 Å². The van der Waals surface area contributed by atoms with Crippen LogP contribution in [0.1, 0.15) is 16.8 Å². The van der Waals surface area contributed by atoms with Crippen LogP contribution in [0, 0.1) is 5.82 Å². The van der Waals surface area contributed by atoms with Crippen LogP contribution in [0.15, 0.2) is 54.6 Å². The smallest absolute Gasteiger partial charge is 0.338 e. The predicted octanol–water partition coefficient (Wildman–Crippen LogP) is 2.20. The van der Waals surface area contributed by atoms with Gasteiger partial charge in [-0.2, -0.15) is 0 Å². The van der Waals surface area contributed by atoms with Crippen molar-refractivity contribution in [2.45, 2.75) is 12.5 Å². The van der Waals surface area contributed by atoms with Crippen molar-refractivity contribution in [3.63, 3.8) is 0 Å². The maximum atomic E-state index is 12.9. The first-order chi connectivity index (χ1) is 12.9. The number of para-hydroxylation sites is 1. The van der Waals surface area contributed by atoms with E-state index < -0.39 is 40.2 Å². The highest BCUT2D eigenvalue weighted by Crippen LogP contribution is 2.24. The van der Waals surface area contributed by atoms with Crippen molar-refractivity contribution in [1.29, 1.82) is 0 Å². The van der Waals surface area contributed by atoms with E-state index in [1.807, 2.05) is 0 Å². The highest BCUT2D eigenvalue weighted by Gasteiger charge is 2.35. The van der Waals surface area contributed by atoms with Gasteiger partial charge in [0.25, 0.3) is 5.91 Å². The van der Waals surface area contributed by atoms with Crippen molar-refractivity contribution >= 4 is 27.4 Å². The Morgan fingerprint density at radius 1 is 1.07 bits per heavy atom. The van der Waals surface area contributed by atoms with Crippen molar-refractivity contribution in [2.24, 2.45) is 0 Å². The zero-order chi connectivity index (χ0) is 19.4. The van der Waals surface area contributed by atoms with Crippen LogP contribution in [0.3, 0.4) is 0 Å². The number of benzene rings is 2. The third-order valence-corrected chi connectivity index (χ3v) is 6.03. The van der Waals surface area contributed by atoms with Gasteiger partial charge in [0.1, 0.15) is 5.82 Å². The molecule has 2 aromatic rings. The molecule has 0 aliphatic carbocycles. The van der Waals surface area contributed by atoms with E-state index in [2.05, 4.69) is 0 Å². The Morgan fingerprint density at radius 2 is 1.74 bits per heavy atom. The number of nitrogens with zero attached hydrogens (tertiary/aromatic N) is 1. The normalized spacial score (nSPS) is 18.0. The van der Waals surface area contributed by atoms with Crippen molar-refractivity contribution in [1.82, 2.24) is 0 Å². The molecule has 1 fully saturated rings. The Balaban J connectivity index is 1.73. The van der Waals surface area contributed by atoms with Crippen LogP contribution >= 0.6 is 0 Å². The topological polar surface area (TPSA) is 80.8 Å². The molecule has 27 heavy (non-hydrogen) atoms. The number of carbonyl (C=O) groups is 2. The lowest BCUT2D eigenvalue weighted by molar-refractivity contribution is -0.122. The highest BCUT2D eigenvalue weighted by atomic mass is 32.2. The summed E-state index contributed by atoms with van der Waals surface area (Å²) in [5.74, 6) is -1.86. The maximum absolute atomic E-state index is 12.9. The molecule has 1 aliphatic heterocycles. The Kier molecular flexibility index (Phi) is 5.55. The molecule has 8 heteroatoms. The molecule has 0 unspecified atom stereocenters. The fourth-order valence-electron chi connectivity index (χ4n) is 2.99. The Labute approximate surface area is 156 Å². The summed E-state index contributed by atoms with van der Waals surface area (Å²) >= 11 is 0. The largest absolute Gasteiger partial charge is 0.452 e. The Morgan fingerprint density at radius 3 is 2.33 bits per heavy atom. The van der Waals surface area contributed by atoms with Crippen molar-refractivity contribution < 1.29 is 27.1 Å². The van der Waals surface area contributed by atoms with Crippen LogP contribution in [-0.2, 0) is 19.4 Å². The first kappa shape index (κ1) is 19.0. The molecule has 1 saturated heterocycles. The first-order valence-corrected chi connectivity index (χ1v) is 10.2. The monoisotopic (exact) mass is 391 g/mol. The molecular weight excluding hydrogens is 373 g/mol. The summed E-state index contributed by atoms with van der Waals surface area (Å²) in [5.41, 5.74) is 0.668. The predicted molar refractivity (Wildman–Crippen MR) is 97.7 cm³/mol. The summed E-state index contributed by atoms with van der Waals surface area (Å²) in [5, 5.41) is 0. The van der Waals surface area contributed by atoms with Crippen LogP contribution in [0.25, 0.3) is 0 Å². The van der Waals surface area contributed by atoms with Crippen molar-refractivity contribution in [3.8, 4) is 0 Å². The number of hydrogen-bond acceptors (Lipinski definition) is 5. The maximum Gasteiger partial charge on any atom is 0.338 e. The zero-order valence-corrected chi connectivity index (χ0v) is 15.2. The molecule has 0 spiro atoms. The number of ether oxygens (including phenoxy) is 1. The number of hydrogen-bond donors (Lipinski definition) is 0. The Bertz CT molecular complexity index is 928. The minimum absolute atomic E-state index is 0.0175. The summed E-state index contributed by atoms with van der Waals surface area (Å²) in [6, 6.07) is 12.9. The van der Waals surface area contributed by atoms with E-state index in [-0.39, 0.29) is 17.1 Å². The number of rotatable bonds is 5. The van der Waals surface area contributed by atoms with E-state index in [0.717, 1.165) is 12.1 Å². The lowest BCUT2D eigenvalue weighted by Gasteiger charge is -2.28. The molecule has 2 aromatic carbocycles. The zero-order valence-electron chi connectivity index (χ0n) is 14.4. The molecule has 0 aromatic heterocycles. The summed E-state index contributed by atoms with van der Waals surface area (Å²) in [6.07, 6.45) is 0.328. The third-order valence-electron chi connectivity index (χ3n) is 4.28.